The maximum atomic E-state index is 12.4. The molecule has 0 saturated carbocycles. The van der Waals surface area contributed by atoms with Crippen LogP contribution in [0, 0.1) is 13.8 Å². The number of aryl methyl sites for hydroxylation is 2. The lowest BCUT2D eigenvalue weighted by molar-refractivity contribution is -0.115. The molecule has 2 aromatic heterocycles. The lowest BCUT2D eigenvalue weighted by Gasteiger charge is -2.08. The molecule has 0 unspecified atom stereocenters. The standard InChI is InChI=1S/C20H19NO3S2/c1-12-6-8-14(9-7-12)17-13(2)26-19(18(17)20(23)24-3)21-16(22)11-15-5-4-10-25-15/h4-10H,11H2,1-3H3,(H,21,22). The fraction of sp³-hybridized carbons (Fsp3) is 0.200. The van der Waals surface area contributed by atoms with Crippen LogP contribution in [0.5, 0.6) is 0 Å². The van der Waals surface area contributed by atoms with Crippen molar-refractivity contribution in [1.82, 2.24) is 0 Å². The van der Waals surface area contributed by atoms with Crippen LogP contribution in [0.25, 0.3) is 11.1 Å². The number of thiophene rings is 2. The summed E-state index contributed by atoms with van der Waals surface area (Å²) in [6.45, 7) is 3.96. The van der Waals surface area contributed by atoms with Gasteiger partial charge in [0.05, 0.1) is 13.5 Å². The van der Waals surface area contributed by atoms with Crippen LogP contribution in [0.15, 0.2) is 41.8 Å². The zero-order chi connectivity index (χ0) is 18.7. The van der Waals surface area contributed by atoms with Crippen molar-refractivity contribution >= 4 is 39.6 Å². The van der Waals surface area contributed by atoms with Gasteiger partial charge in [-0.15, -0.1) is 22.7 Å². The van der Waals surface area contributed by atoms with Crippen molar-refractivity contribution in [1.29, 1.82) is 0 Å². The number of hydrogen-bond acceptors (Lipinski definition) is 5. The van der Waals surface area contributed by atoms with Crippen molar-refractivity contribution in [2.24, 2.45) is 0 Å². The number of methoxy groups -OCH3 is 1. The average Bonchev–Trinajstić information content (AvgIpc) is 3.22. The first-order chi connectivity index (χ1) is 12.5. The van der Waals surface area contributed by atoms with Crippen molar-refractivity contribution in [3.63, 3.8) is 0 Å². The Morgan fingerprint density at radius 2 is 1.85 bits per heavy atom. The molecule has 0 spiro atoms. The molecule has 0 saturated heterocycles. The number of hydrogen-bond donors (Lipinski definition) is 1. The van der Waals surface area contributed by atoms with Crippen LogP contribution >= 0.6 is 22.7 Å². The molecule has 1 amide bonds. The van der Waals surface area contributed by atoms with Gasteiger partial charge in [-0.2, -0.15) is 0 Å². The highest BCUT2D eigenvalue weighted by Crippen LogP contribution is 2.40. The maximum Gasteiger partial charge on any atom is 0.341 e. The van der Waals surface area contributed by atoms with Gasteiger partial charge in [-0.05, 0) is 30.9 Å². The van der Waals surface area contributed by atoms with Crippen LogP contribution < -0.4 is 5.32 Å². The van der Waals surface area contributed by atoms with Crippen molar-refractivity contribution in [2.75, 3.05) is 12.4 Å². The van der Waals surface area contributed by atoms with Gasteiger partial charge in [-0.1, -0.05) is 35.9 Å². The van der Waals surface area contributed by atoms with Crippen LogP contribution in [0.3, 0.4) is 0 Å². The lowest BCUT2D eigenvalue weighted by atomic mass is 10.0. The lowest BCUT2D eigenvalue weighted by Crippen LogP contribution is -2.15. The Kier molecular flexibility index (Phi) is 5.54. The second-order valence-corrected chi connectivity index (χ2v) is 8.16. The number of benzene rings is 1. The van der Waals surface area contributed by atoms with Gasteiger partial charge in [0.25, 0.3) is 0 Å². The molecule has 6 heteroatoms. The third-order valence-corrected chi connectivity index (χ3v) is 5.88. The zero-order valence-corrected chi connectivity index (χ0v) is 16.4. The summed E-state index contributed by atoms with van der Waals surface area (Å²) in [4.78, 5) is 26.8. The highest BCUT2D eigenvalue weighted by Gasteiger charge is 2.25. The van der Waals surface area contributed by atoms with Gasteiger partial charge >= 0.3 is 5.97 Å². The van der Waals surface area contributed by atoms with Crippen molar-refractivity contribution in [3.05, 3.63) is 62.7 Å². The molecule has 1 aromatic carbocycles. The number of anilines is 1. The van der Waals surface area contributed by atoms with Crippen LogP contribution in [0.4, 0.5) is 5.00 Å². The second kappa shape index (κ2) is 7.85. The minimum atomic E-state index is -0.448. The zero-order valence-electron chi connectivity index (χ0n) is 14.8. The molecule has 2 heterocycles. The SMILES string of the molecule is COC(=O)c1c(NC(=O)Cc2cccs2)sc(C)c1-c1ccc(C)cc1. The number of rotatable bonds is 5. The minimum absolute atomic E-state index is 0.144. The van der Waals surface area contributed by atoms with E-state index in [2.05, 4.69) is 5.32 Å². The number of ether oxygens (including phenoxy) is 1. The highest BCUT2D eigenvalue weighted by molar-refractivity contribution is 7.17. The number of carbonyl (C=O) groups excluding carboxylic acids is 2. The first kappa shape index (κ1) is 18.4. The third kappa shape index (κ3) is 3.86. The van der Waals surface area contributed by atoms with Crippen LogP contribution in [0.1, 0.15) is 25.7 Å². The van der Waals surface area contributed by atoms with Gasteiger partial charge in [0.15, 0.2) is 0 Å². The van der Waals surface area contributed by atoms with Crippen LogP contribution in [0.2, 0.25) is 0 Å². The molecule has 0 radical (unpaired) electrons. The Bertz CT molecular complexity index is 925. The van der Waals surface area contributed by atoms with Gasteiger partial charge in [0, 0.05) is 15.3 Å². The van der Waals surface area contributed by atoms with Crippen molar-refractivity contribution in [3.8, 4) is 11.1 Å². The quantitative estimate of drug-likeness (QED) is 0.625. The molecule has 26 heavy (non-hydrogen) atoms. The number of nitrogens with one attached hydrogen (secondary N) is 1. The molecule has 0 aliphatic carbocycles. The van der Waals surface area contributed by atoms with Crippen molar-refractivity contribution in [2.45, 2.75) is 20.3 Å². The van der Waals surface area contributed by atoms with E-state index in [1.807, 2.05) is 55.6 Å². The number of amides is 1. The van der Waals surface area contributed by atoms with E-state index in [9.17, 15) is 9.59 Å². The Labute approximate surface area is 160 Å². The van der Waals surface area contributed by atoms with Crippen molar-refractivity contribution < 1.29 is 14.3 Å². The van der Waals surface area contributed by atoms with E-state index >= 15 is 0 Å². The molecule has 0 aliphatic heterocycles. The summed E-state index contributed by atoms with van der Waals surface area (Å²) < 4.78 is 4.98. The van der Waals surface area contributed by atoms with E-state index < -0.39 is 5.97 Å². The van der Waals surface area contributed by atoms with Gasteiger partial charge in [0.2, 0.25) is 5.91 Å². The van der Waals surface area contributed by atoms with E-state index in [4.69, 9.17) is 4.74 Å². The summed E-state index contributed by atoms with van der Waals surface area (Å²) in [5.74, 6) is -0.592. The maximum absolute atomic E-state index is 12.4. The Hall–Kier alpha value is -2.44. The van der Waals surface area contributed by atoms with Gasteiger partial charge in [-0.25, -0.2) is 4.79 Å². The molecule has 1 N–H and O–H groups in total. The van der Waals surface area contributed by atoms with E-state index in [0.717, 1.165) is 26.4 Å². The fourth-order valence-electron chi connectivity index (χ4n) is 2.74. The van der Waals surface area contributed by atoms with E-state index in [0.29, 0.717) is 10.6 Å². The molecule has 0 atom stereocenters. The first-order valence-electron chi connectivity index (χ1n) is 8.10. The molecular formula is C20H19NO3S2. The van der Waals surface area contributed by atoms with Crippen LogP contribution in [-0.2, 0) is 16.0 Å². The molecule has 4 nitrogen and oxygen atoms in total. The summed E-state index contributed by atoms with van der Waals surface area (Å²) >= 11 is 2.93. The number of esters is 1. The van der Waals surface area contributed by atoms with E-state index in [1.165, 1.54) is 29.8 Å². The normalized spacial score (nSPS) is 10.6. The predicted octanol–water partition coefficient (Wildman–Crippen LogP) is 5.06. The largest absolute Gasteiger partial charge is 0.465 e. The van der Waals surface area contributed by atoms with Crippen LogP contribution in [-0.4, -0.2) is 19.0 Å². The highest BCUT2D eigenvalue weighted by atomic mass is 32.1. The monoisotopic (exact) mass is 385 g/mol. The Morgan fingerprint density at radius 1 is 1.12 bits per heavy atom. The minimum Gasteiger partial charge on any atom is -0.465 e. The average molecular weight is 386 g/mol. The smallest absolute Gasteiger partial charge is 0.341 e. The van der Waals surface area contributed by atoms with E-state index in [-0.39, 0.29) is 12.3 Å². The topological polar surface area (TPSA) is 55.4 Å². The van der Waals surface area contributed by atoms with E-state index in [1.54, 1.807) is 0 Å². The Balaban J connectivity index is 1.97. The molecule has 134 valence electrons. The second-order valence-electron chi connectivity index (χ2n) is 5.90. The predicted molar refractivity (Wildman–Crippen MR) is 107 cm³/mol. The van der Waals surface area contributed by atoms with Gasteiger partial charge < -0.3 is 10.1 Å². The number of carbonyl (C=O) groups is 2. The third-order valence-electron chi connectivity index (χ3n) is 3.98. The van der Waals surface area contributed by atoms with Gasteiger partial charge in [-0.3, -0.25) is 4.79 Å². The Morgan fingerprint density at radius 3 is 2.46 bits per heavy atom. The first-order valence-corrected chi connectivity index (χ1v) is 9.80. The summed E-state index contributed by atoms with van der Waals surface area (Å²) in [7, 11) is 1.35. The summed E-state index contributed by atoms with van der Waals surface area (Å²) in [6, 6.07) is 11.8. The summed E-state index contributed by atoms with van der Waals surface area (Å²) in [6.07, 6.45) is 0.287. The molecule has 0 aliphatic rings. The summed E-state index contributed by atoms with van der Waals surface area (Å²) in [5, 5.41) is 5.36. The summed E-state index contributed by atoms with van der Waals surface area (Å²) in [5.41, 5.74) is 3.31. The molecule has 3 aromatic rings. The fourth-order valence-corrected chi connectivity index (χ4v) is 4.52. The molecule has 0 fully saturated rings. The molecule has 0 bridgehead atoms. The molecule has 3 rings (SSSR count). The van der Waals surface area contributed by atoms with Gasteiger partial charge in [0.1, 0.15) is 10.6 Å². The molecular weight excluding hydrogens is 366 g/mol.